The minimum atomic E-state index is -5.18. The van der Waals surface area contributed by atoms with Gasteiger partial charge in [-0.15, -0.1) is 0 Å². The quantitative estimate of drug-likeness (QED) is 0.165. The fourth-order valence-electron chi connectivity index (χ4n) is 2.22. The molecule has 0 saturated heterocycles. The third kappa shape index (κ3) is 17.6. The lowest BCUT2D eigenvalue weighted by molar-refractivity contribution is 0.140. The molecule has 0 bridgehead atoms. The number of phosphoric ester groups is 1. The number of rotatable bonds is 13. The van der Waals surface area contributed by atoms with Crippen LogP contribution in [-0.4, -0.2) is 20.9 Å². The summed E-state index contributed by atoms with van der Waals surface area (Å²) in [5.74, 6) is 0. The maximum absolute atomic E-state index is 11.9. The Morgan fingerprint density at radius 1 is 0.897 bits per heavy atom. The van der Waals surface area contributed by atoms with Crippen molar-refractivity contribution in [2.24, 2.45) is 0 Å². The summed E-state index contributed by atoms with van der Waals surface area (Å²) in [6.45, 7) is 11.8. The van der Waals surface area contributed by atoms with Crippen LogP contribution in [0, 0.1) is 0 Å². The fourth-order valence-corrected chi connectivity index (χ4v) is 3.86. The van der Waals surface area contributed by atoms with Crippen LogP contribution in [0.1, 0.15) is 67.2 Å². The molecule has 0 rings (SSSR count). The van der Waals surface area contributed by atoms with Crippen LogP contribution in [0.15, 0.2) is 46.7 Å². The Balaban J connectivity index is 5.27. The van der Waals surface area contributed by atoms with Gasteiger partial charge in [-0.05, 0) is 79.5 Å². The van der Waals surface area contributed by atoms with Crippen molar-refractivity contribution in [1.82, 2.24) is 5.32 Å². The predicted octanol–water partition coefficient (Wildman–Crippen LogP) is 5.47. The lowest BCUT2D eigenvalue weighted by Gasteiger charge is -2.20. The molecule has 168 valence electrons. The summed E-state index contributed by atoms with van der Waals surface area (Å²) in [4.78, 5) is 27.2. The van der Waals surface area contributed by atoms with E-state index in [1.54, 1.807) is 12.3 Å². The summed E-state index contributed by atoms with van der Waals surface area (Å²) >= 11 is 0. The van der Waals surface area contributed by atoms with Crippen LogP contribution in [0.3, 0.4) is 0 Å². The molecule has 0 spiro atoms. The summed E-state index contributed by atoms with van der Waals surface area (Å²) < 4.78 is 31.7. The van der Waals surface area contributed by atoms with Crippen molar-refractivity contribution in [1.29, 1.82) is 0 Å². The number of allylic oxidation sites excluding steroid dienone is 6. The highest BCUT2D eigenvalue weighted by atomic mass is 31.3. The van der Waals surface area contributed by atoms with Crippen molar-refractivity contribution in [2.75, 3.05) is 0 Å². The Morgan fingerprint density at radius 2 is 1.38 bits per heavy atom. The molecule has 0 radical (unpaired) electrons. The molecule has 4 N–H and O–H groups in total. The molecule has 8 nitrogen and oxygen atoms in total. The molecule has 0 aliphatic heterocycles. The molecule has 0 amide bonds. The molecule has 2 atom stereocenters. The lowest BCUT2D eigenvalue weighted by Crippen LogP contribution is -2.25. The molecular formula is C19H35NO7P2. The average molecular weight is 451 g/mol. The van der Waals surface area contributed by atoms with Crippen molar-refractivity contribution in [3.8, 4) is 0 Å². The SMILES string of the molecule is CC(C)=CCC/C(C)=C/NC(/C=C(\C)CCC=C(C)C)OP(=O)(O)OP(=O)(O)O. The Labute approximate surface area is 174 Å². The molecule has 0 fully saturated rings. The monoisotopic (exact) mass is 451 g/mol. The Kier molecular flexibility index (Phi) is 12.9. The van der Waals surface area contributed by atoms with Gasteiger partial charge in [0.05, 0.1) is 0 Å². The smallest absolute Gasteiger partial charge is 0.363 e. The topological polar surface area (TPSA) is 125 Å². The third-order valence-electron chi connectivity index (χ3n) is 3.57. The summed E-state index contributed by atoms with van der Waals surface area (Å²) in [6.07, 6.45) is 9.46. The number of nitrogens with one attached hydrogen (secondary N) is 1. The highest BCUT2D eigenvalue weighted by Crippen LogP contribution is 2.58. The fraction of sp³-hybridized carbons (Fsp3) is 0.579. The van der Waals surface area contributed by atoms with Gasteiger partial charge >= 0.3 is 15.6 Å². The van der Waals surface area contributed by atoms with E-state index in [4.69, 9.17) is 14.3 Å². The van der Waals surface area contributed by atoms with Gasteiger partial charge in [-0.3, -0.25) is 4.52 Å². The lowest BCUT2D eigenvalue weighted by atomic mass is 10.1. The zero-order chi connectivity index (χ0) is 22.7. The summed E-state index contributed by atoms with van der Waals surface area (Å²) in [6, 6.07) is 0. The molecule has 2 unspecified atom stereocenters. The maximum Gasteiger partial charge on any atom is 0.483 e. The number of phosphoric acid groups is 2. The minimum absolute atomic E-state index is 0.699. The largest absolute Gasteiger partial charge is 0.483 e. The molecule has 10 heteroatoms. The normalized spacial score (nSPS) is 16.0. The Morgan fingerprint density at radius 3 is 1.83 bits per heavy atom. The zero-order valence-corrected chi connectivity index (χ0v) is 19.9. The van der Waals surface area contributed by atoms with Gasteiger partial charge in [0.2, 0.25) is 0 Å². The zero-order valence-electron chi connectivity index (χ0n) is 18.1. The van der Waals surface area contributed by atoms with Gasteiger partial charge in [0.1, 0.15) is 0 Å². The van der Waals surface area contributed by atoms with Crippen LogP contribution in [0.2, 0.25) is 0 Å². The minimum Gasteiger partial charge on any atom is -0.363 e. The van der Waals surface area contributed by atoms with Crippen LogP contribution in [0.25, 0.3) is 0 Å². The second-order valence-electron chi connectivity index (χ2n) is 7.38. The van der Waals surface area contributed by atoms with Crippen LogP contribution >= 0.6 is 15.6 Å². The van der Waals surface area contributed by atoms with Crippen molar-refractivity contribution in [2.45, 2.75) is 73.5 Å². The molecule has 0 aromatic rings. The van der Waals surface area contributed by atoms with Crippen LogP contribution in [-0.2, 0) is 18.0 Å². The van der Waals surface area contributed by atoms with E-state index in [9.17, 15) is 14.0 Å². The van der Waals surface area contributed by atoms with Crippen molar-refractivity contribution < 1.29 is 32.6 Å². The molecule has 29 heavy (non-hydrogen) atoms. The Bertz CT molecular complexity index is 727. The Hall–Kier alpha value is -0.980. The predicted molar refractivity (Wildman–Crippen MR) is 116 cm³/mol. The van der Waals surface area contributed by atoms with Crippen LogP contribution in [0.4, 0.5) is 0 Å². The molecule has 0 aliphatic carbocycles. The third-order valence-corrected chi connectivity index (χ3v) is 5.74. The van der Waals surface area contributed by atoms with Gasteiger partial charge in [0.25, 0.3) is 0 Å². The van der Waals surface area contributed by atoms with Gasteiger partial charge in [0, 0.05) is 0 Å². The van der Waals surface area contributed by atoms with E-state index in [1.807, 2.05) is 41.5 Å². The molecule has 0 aromatic heterocycles. The summed E-state index contributed by atoms with van der Waals surface area (Å²) in [5.41, 5.74) is 4.27. The first-order valence-corrected chi connectivity index (χ1v) is 12.4. The van der Waals surface area contributed by atoms with Crippen LogP contribution in [0.5, 0.6) is 0 Å². The average Bonchev–Trinajstić information content (AvgIpc) is 2.49. The van der Waals surface area contributed by atoms with Gasteiger partial charge in [-0.1, -0.05) is 34.4 Å². The molecule has 0 aliphatic rings. The van der Waals surface area contributed by atoms with E-state index >= 15 is 0 Å². The van der Waals surface area contributed by atoms with E-state index < -0.39 is 21.9 Å². The van der Waals surface area contributed by atoms with Crippen molar-refractivity contribution in [3.05, 3.63) is 46.7 Å². The van der Waals surface area contributed by atoms with E-state index in [0.717, 1.165) is 30.4 Å². The van der Waals surface area contributed by atoms with E-state index in [-0.39, 0.29) is 0 Å². The molecule has 0 aromatic carbocycles. The van der Waals surface area contributed by atoms with Gasteiger partial charge in [0.15, 0.2) is 6.23 Å². The van der Waals surface area contributed by atoms with Gasteiger partial charge in [-0.2, -0.15) is 4.31 Å². The van der Waals surface area contributed by atoms with Gasteiger partial charge in [-0.25, -0.2) is 9.13 Å². The van der Waals surface area contributed by atoms with Crippen LogP contribution < -0.4 is 5.32 Å². The first-order chi connectivity index (χ1) is 13.2. The summed E-state index contributed by atoms with van der Waals surface area (Å²) in [7, 11) is -10.2. The highest BCUT2D eigenvalue weighted by molar-refractivity contribution is 7.60. The second-order valence-corrected chi connectivity index (χ2v) is 10.2. The van der Waals surface area contributed by atoms with E-state index in [2.05, 4.69) is 21.8 Å². The van der Waals surface area contributed by atoms with Gasteiger partial charge < -0.3 is 20.0 Å². The second kappa shape index (κ2) is 13.3. The first-order valence-electron chi connectivity index (χ1n) is 9.34. The first kappa shape index (κ1) is 28.0. The van der Waals surface area contributed by atoms with Crippen molar-refractivity contribution in [3.63, 3.8) is 0 Å². The number of hydrogen-bond donors (Lipinski definition) is 4. The number of hydrogen-bond acceptors (Lipinski definition) is 5. The van der Waals surface area contributed by atoms with E-state index in [1.165, 1.54) is 11.1 Å². The highest BCUT2D eigenvalue weighted by Gasteiger charge is 2.34. The standard InChI is InChI=1S/C19H35NO7P2/c1-15(2)9-7-11-17(5)13-19(26-29(24,25)27-28(21,22)23)20-14-18(6)12-8-10-16(3)4/h9-10,13-14,19-20H,7-8,11-12H2,1-6H3,(H,24,25)(H2,21,22,23)/b17-13+,18-14+. The molecular weight excluding hydrogens is 416 g/mol. The summed E-state index contributed by atoms with van der Waals surface area (Å²) in [5, 5.41) is 2.87. The van der Waals surface area contributed by atoms with Crippen molar-refractivity contribution >= 4 is 15.6 Å². The molecule has 0 heterocycles. The molecule has 0 saturated carbocycles. The maximum atomic E-state index is 11.9. The van der Waals surface area contributed by atoms with E-state index in [0.29, 0.717) is 6.42 Å².